The normalized spacial score (nSPS) is 11.4. The van der Waals surface area contributed by atoms with Crippen LogP contribution in [0.2, 0.25) is 0 Å². The monoisotopic (exact) mass is 450 g/mol. The van der Waals surface area contributed by atoms with Crippen LogP contribution >= 0.6 is 11.3 Å². The largest absolute Gasteiger partial charge is 0.324 e. The maximum Gasteiger partial charge on any atom is 0.307 e. The van der Waals surface area contributed by atoms with Crippen molar-refractivity contribution in [3.8, 4) is 0 Å². The molecule has 3 rings (SSSR count). The fourth-order valence-corrected chi connectivity index (χ4v) is 4.83. The van der Waals surface area contributed by atoms with Crippen molar-refractivity contribution in [3.63, 3.8) is 0 Å². The number of nitrogens with one attached hydrogen (secondary N) is 1. The topological polar surface area (TPSA) is 132 Å². The van der Waals surface area contributed by atoms with Gasteiger partial charge in [0.25, 0.3) is 5.69 Å². The van der Waals surface area contributed by atoms with E-state index < -0.39 is 27.4 Å². The number of aryl methyl sites for hydroxylation is 1. The van der Waals surface area contributed by atoms with Crippen molar-refractivity contribution in [2.75, 3.05) is 22.4 Å². The molecule has 0 radical (unpaired) electrons. The molecule has 0 spiro atoms. The molecule has 12 heteroatoms. The lowest BCUT2D eigenvalue weighted by molar-refractivity contribution is -0.385. The molecule has 0 aliphatic carbocycles. The summed E-state index contributed by atoms with van der Waals surface area (Å²) in [6, 6.07) is 8.95. The highest BCUT2D eigenvalue weighted by Crippen LogP contribution is 2.30. The van der Waals surface area contributed by atoms with E-state index in [0.29, 0.717) is 15.9 Å². The number of hydrogen-bond donors (Lipinski definition) is 1. The van der Waals surface area contributed by atoms with Crippen molar-refractivity contribution < 1.29 is 18.1 Å². The van der Waals surface area contributed by atoms with Gasteiger partial charge in [-0.25, -0.2) is 8.42 Å². The summed E-state index contributed by atoms with van der Waals surface area (Å²) < 4.78 is 27.6. The number of nitrogens with zero attached hydrogens (tertiary/aromatic N) is 3. The van der Waals surface area contributed by atoms with Gasteiger partial charge in [0.1, 0.15) is 6.54 Å². The molecule has 0 atom stereocenters. The highest BCUT2D eigenvalue weighted by Gasteiger charge is 2.25. The third-order valence-corrected chi connectivity index (χ3v) is 6.63. The molecule has 1 amide bonds. The number of carbonyl (C=O) groups is 1. The SMILES string of the molecule is Cc1c(N(CC(=O)Nc2ccc3c(c2)sc(=O)n3C)S(C)(=O)=O)cccc1[N+](=O)[O-]. The van der Waals surface area contributed by atoms with Crippen LogP contribution in [0.25, 0.3) is 10.2 Å². The highest BCUT2D eigenvalue weighted by molar-refractivity contribution is 7.92. The maximum absolute atomic E-state index is 12.6. The first-order chi connectivity index (χ1) is 14.0. The van der Waals surface area contributed by atoms with Crippen molar-refractivity contribution >= 4 is 54.5 Å². The second-order valence-corrected chi connectivity index (χ2v) is 9.51. The maximum atomic E-state index is 12.6. The van der Waals surface area contributed by atoms with Crippen LogP contribution < -0.4 is 14.5 Å². The van der Waals surface area contributed by atoms with Gasteiger partial charge < -0.3 is 9.88 Å². The van der Waals surface area contributed by atoms with E-state index in [1.54, 1.807) is 25.2 Å². The van der Waals surface area contributed by atoms with Gasteiger partial charge in [0.15, 0.2) is 0 Å². The van der Waals surface area contributed by atoms with Crippen molar-refractivity contribution in [1.29, 1.82) is 0 Å². The average molecular weight is 450 g/mol. The summed E-state index contributed by atoms with van der Waals surface area (Å²) in [5, 5.41) is 13.8. The predicted octanol–water partition coefficient (Wildman–Crippen LogP) is 2.22. The number of rotatable bonds is 6. The van der Waals surface area contributed by atoms with Gasteiger partial charge in [-0.3, -0.25) is 24.0 Å². The number of hydrogen-bond acceptors (Lipinski definition) is 7. The lowest BCUT2D eigenvalue weighted by Crippen LogP contribution is -2.37. The second kappa shape index (κ2) is 7.88. The smallest absolute Gasteiger partial charge is 0.307 e. The van der Waals surface area contributed by atoms with Gasteiger partial charge in [-0.1, -0.05) is 17.4 Å². The molecule has 0 aliphatic heterocycles. The molecule has 3 aromatic rings. The van der Waals surface area contributed by atoms with Crippen molar-refractivity contribution in [2.45, 2.75) is 6.92 Å². The fourth-order valence-electron chi connectivity index (χ4n) is 3.00. The number of carbonyl (C=O) groups excluding carboxylic acids is 1. The van der Waals surface area contributed by atoms with Gasteiger partial charge in [-0.15, -0.1) is 0 Å². The Kier molecular flexibility index (Phi) is 5.63. The zero-order chi connectivity index (χ0) is 22.2. The number of thiazole rings is 1. The summed E-state index contributed by atoms with van der Waals surface area (Å²) >= 11 is 1.03. The van der Waals surface area contributed by atoms with Crippen LogP contribution in [-0.2, 0) is 21.9 Å². The first-order valence-electron chi connectivity index (χ1n) is 8.60. The summed E-state index contributed by atoms with van der Waals surface area (Å²) in [5.41, 5.74) is 1.06. The van der Waals surface area contributed by atoms with Crippen molar-refractivity contribution in [2.24, 2.45) is 7.05 Å². The molecule has 0 saturated carbocycles. The Hall–Kier alpha value is -3.25. The molecule has 0 bridgehead atoms. The minimum absolute atomic E-state index is 0.0542. The van der Waals surface area contributed by atoms with Crippen LogP contribution in [0, 0.1) is 17.0 Å². The van der Waals surface area contributed by atoms with Gasteiger partial charge in [0.2, 0.25) is 15.9 Å². The standard InChI is InChI=1S/C18H18N4O6S2/c1-11-13(5-4-6-14(11)22(25)26)21(30(3,27)28)10-17(23)19-12-7-8-15-16(9-12)29-18(24)20(15)2/h4-9H,10H2,1-3H3,(H,19,23). The fraction of sp³-hybridized carbons (Fsp3) is 0.222. The van der Waals surface area contributed by atoms with E-state index in [1.165, 1.54) is 29.7 Å². The van der Waals surface area contributed by atoms with E-state index in [1.807, 2.05) is 0 Å². The molecular formula is C18H18N4O6S2. The first-order valence-corrected chi connectivity index (χ1v) is 11.3. The molecule has 10 nitrogen and oxygen atoms in total. The van der Waals surface area contributed by atoms with Crippen molar-refractivity contribution in [3.05, 3.63) is 61.7 Å². The van der Waals surface area contributed by atoms with E-state index in [0.717, 1.165) is 21.9 Å². The van der Waals surface area contributed by atoms with E-state index in [9.17, 15) is 28.1 Å². The zero-order valence-electron chi connectivity index (χ0n) is 16.3. The molecule has 1 aromatic heterocycles. The quantitative estimate of drug-likeness (QED) is 0.452. The number of anilines is 2. The van der Waals surface area contributed by atoms with Gasteiger partial charge in [-0.05, 0) is 31.2 Å². The molecular weight excluding hydrogens is 432 g/mol. The van der Waals surface area contributed by atoms with Crippen LogP contribution in [0.1, 0.15) is 5.56 Å². The van der Waals surface area contributed by atoms with Crippen LogP contribution in [0.4, 0.5) is 17.1 Å². The molecule has 0 aliphatic rings. The molecule has 1 heterocycles. The number of nitro groups is 1. The lowest BCUT2D eigenvalue weighted by Gasteiger charge is -2.23. The molecule has 0 unspecified atom stereocenters. The molecule has 158 valence electrons. The third-order valence-electron chi connectivity index (χ3n) is 4.51. The predicted molar refractivity (Wildman–Crippen MR) is 116 cm³/mol. The lowest BCUT2D eigenvalue weighted by atomic mass is 10.1. The van der Waals surface area contributed by atoms with E-state index in [2.05, 4.69) is 5.32 Å². The minimum Gasteiger partial charge on any atom is -0.324 e. The van der Waals surface area contributed by atoms with Gasteiger partial charge >= 0.3 is 4.87 Å². The first kappa shape index (κ1) is 21.5. The van der Waals surface area contributed by atoms with Crippen LogP contribution in [0.3, 0.4) is 0 Å². The summed E-state index contributed by atoms with van der Waals surface area (Å²) in [7, 11) is -2.26. The Morgan fingerprint density at radius 1 is 1.30 bits per heavy atom. The average Bonchev–Trinajstić information content (AvgIpc) is 2.92. The highest BCUT2D eigenvalue weighted by atomic mass is 32.2. The van der Waals surface area contributed by atoms with Crippen LogP contribution in [-0.4, -0.2) is 36.6 Å². The summed E-state index contributed by atoms with van der Waals surface area (Å²) in [5.74, 6) is -0.631. The summed E-state index contributed by atoms with van der Waals surface area (Å²) in [4.78, 5) is 34.8. The Labute approximate surface area is 175 Å². The van der Waals surface area contributed by atoms with Gasteiger partial charge in [0.05, 0.1) is 32.6 Å². The Balaban J connectivity index is 1.90. The number of fused-ring (bicyclic) bond motifs is 1. The summed E-state index contributed by atoms with van der Waals surface area (Å²) in [6.07, 6.45) is 0.923. The molecule has 1 N–H and O–H groups in total. The Bertz CT molecular complexity index is 1330. The van der Waals surface area contributed by atoms with E-state index in [4.69, 9.17) is 0 Å². The molecule has 0 saturated heterocycles. The Morgan fingerprint density at radius 2 is 2.00 bits per heavy atom. The number of aromatic nitrogens is 1. The van der Waals surface area contributed by atoms with Gasteiger partial charge in [0, 0.05) is 18.8 Å². The third kappa shape index (κ3) is 4.19. The molecule has 0 fully saturated rings. The molecule has 30 heavy (non-hydrogen) atoms. The van der Waals surface area contributed by atoms with E-state index in [-0.39, 0.29) is 21.8 Å². The summed E-state index contributed by atoms with van der Waals surface area (Å²) in [6.45, 7) is 0.860. The molecule has 2 aromatic carbocycles. The van der Waals surface area contributed by atoms with Crippen molar-refractivity contribution in [1.82, 2.24) is 4.57 Å². The second-order valence-electron chi connectivity index (χ2n) is 6.61. The number of nitro benzene ring substituents is 1. The van der Waals surface area contributed by atoms with E-state index >= 15 is 0 Å². The van der Waals surface area contributed by atoms with Crippen LogP contribution in [0.15, 0.2) is 41.2 Å². The number of amides is 1. The zero-order valence-corrected chi connectivity index (χ0v) is 17.9. The minimum atomic E-state index is -3.90. The number of sulfonamides is 1. The number of benzene rings is 2. The van der Waals surface area contributed by atoms with Gasteiger partial charge in [-0.2, -0.15) is 0 Å². The van der Waals surface area contributed by atoms with Crippen LogP contribution in [0.5, 0.6) is 0 Å². The Morgan fingerprint density at radius 3 is 2.63 bits per heavy atom.